The normalized spacial score (nSPS) is 23.7. The first-order chi connectivity index (χ1) is 11.1. The fraction of sp³-hybridized carbons (Fsp3) is 0.739. The lowest BCUT2D eigenvalue weighted by atomic mass is 9.68. The van der Waals surface area contributed by atoms with Gasteiger partial charge in [-0.15, -0.1) is 0 Å². The van der Waals surface area contributed by atoms with E-state index in [1.807, 2.05) is 0 Å². The van der Waals surface area contributed by atoms with Gasteiger partial charge in [-0.05, 0) is 73.6 Å². The molecule has 0 aromatic heterocycles. The largest absolute Gasteiger partial charge is 0.0654 e. The summed E-state index contributed by atoms with van der Waals surface area (Å²) in [7, 11) is 0. The van der Waals surface area contributed by atoms with E-state index in [-0.39, 0.29) is 0 Å². The van der Waals surface area contributed by atoms with Crippen molar-refractivity contribution in [2.45, 2.75) is 110 Å². The molecular weight excluding hydrogens is 276 g/mol. The highest BCUT2D eigenvalue weighted by Gasteiger charge is 2.31. The molecular formula is C23H38. The summed E-state index contributed by atoms with van der Waals surface area (Å²) in [6.45, 7) is 9.39. The summed E-state index contributed by atoms with van der Waals surface area (Å²) in [4.78, 5) is 0. The third kappa shape index (κ3) is 4.61. The second kappa shape index (κ2) is 8.90. The van der Waals surface area contributed by atoms with Crippen LogP contribution in [0.4, 0.5) is 0 Å². The minimum atomic E-state index is 0.432. The van der Waals surface area contributed by atoms with Crippen LogP contribution in [0, 0.1) is 13.8 Å². The van der Waals surface area contributed by atoms with Gasteiger partial charge in [-0.1, -0.05) is 70.9 Å². The molecule has 0 fully saturated rings. The zero-order valence-electron chi connectivity index (χ0n) is 16.1. The van der Waals surface area contributed by atoms with Crippen LogP contribution in [0.3, 0.4) is 0 Å². The smallest absolute Gasteiger partial charge is 0.00469 e. The fourth-order valence-corrected chi connectivity index (χ4v) is 4.66. The van der Waals surface area contributed by atoms with Crippen molar-refractivity contribution in [1.82, 2.24) is 0 Å². The van der Waals surface area contributed by atoms with E-state index in [1.165, 1.54) is 88.2 Å². The summed E-state index contributed by atoms with van der Waals surface area (Å²) in [6, 6.07) is 5.09. The summed E-state index contributed by atoms with van der Waals surface area (Å²) in [6.07, 6.45) is 16.6. The molecule has 1 aliphatic carbocycles. The Morgan fingerprint density at radius 3 is 2.09 bits per heavy atom. The molecule has 0 spiro atoms. The first-order valence-electron chi connectivity index (χ1n) is 10.2. The summed E-state index contributed by atoms with van der Waals surface area (Å²) >= 11 is 0. The quantitative estimate of drug-likeness (QED) is 0.544. The van der Waals surface area contributed by atoms with Crippen molar-refractivity contribution >= 4 is 0 Å². The Balaban J connectivity index is 2.45. The van der Waals surface area contributed by atoms with E-state index in [0.29, 0.717) is 5.41 Å². The zero-order chi connectivity index (χ0) is 16.7. The number of fused-ring (bicyclic) bond motifs is 1. The van der Waals surface area contributed by atoms with E-state index in [4.69, 9.17) is 0 Å². The number of rotatable bonds is 3. The van der Waals surface area contributed by atoms with Gasteiger partial charge in [-0.25, -0.2) is 0 Å². The molecule has 0 heteroatoms. The van der Waals surface area contributed by atoms with Crippen LogP contribution in [0.2, 0.25) is 0 Å². The van der Waals surface area contributed by atoms with Gasteiger partial charge in [-0.3, -0.25) is 0 Å². The molecule has 130 valence electrons. The first-order valence-corrected chi connectivity index (χ1v) is 10.2. The van der Waals surface area contributed by atoms with Gasteiger partial charge in [-0.2, -0.15) is 0 Å². The molecule has 0 N–H and O–H groups in total. The Hall–Kier alpha value is -0.780. The van der Waals surface area contributed by atoms with Crippen LogP contribution in [0.1, 0.15) is 107 Å². The molecule has 1 unspecified atom stereocenters. The Labute approximate surface area is 145 Å². The number of hydrogen-bond acceptors (Lipinski definition) is 0. The van der Waals surface area contributed by atoms with E-state index < -0.39 is 0 Å². The monoisotopic (exact) mass is 314 g/mol. The van der Waals surface area contributed by atoms with Gasteiger partial charge in [0, 0.05) is 0 Å². The van der Waals surface area contributed by atoms with Crippen LogP contribution in [0.25, 0.3) is 0 Å². The zero-order valence-corrected chi connectivity index (χ0v) is 16.1. The van der Waals surface area contributed by atoms with Crippen molar-refractivity contribution in [3.63, 3.8) is 0 Å². The van der Waals surface area contributed by atoms with Crippen molar-refractivity contribution in [2.24, 2.45) is 0 Å². The van der Waals surface area contributed by atoms with Crippen molar-refractivity contribution in [3.05, 3.63) is 34.4 Å². The molecule has 0 heterocycles. The van der Waals surface area contributed by atoms with Gasteiger partial charge in [0.15, 0.2) is 0 Å². The molecule has 1 aromatic rings. The number of benzene rings is 1. The lowest BCUT2D eigenvalue weighted by molar-refractivity contribution is 0.327. The molecule has 1 aromatic carbocycles. The third-order valence-corrected chi connectivity index (χ3v) is 6.30. The van der Waals surface area contributed by atoms with Crippen molar-refractivity contribution in [2.75, 3.05) is 0 Å². The number of aryl methyl sites for hydroxylation is 3. The molecule has 0 aliphatic heterocycles. The van der Waals surface area contributed by atoms with Gasteiger partial charge in [0.05, 0.1) is 0 Å². The average molecular weight is 315 g/mol. The van der Waals surface area contributed by atoms with E-state index in [0.717, 1.165) is 0 Å². The third-order valence-electron chi connectivity index (χ3n) is 6.30. The van der Waals surface area contributed by atoms with Crippen LogP contribution in [0.15, 0.2) is 12.1 Å². The second-order valence-electron chi connectivity index (χ2n) is 7.95. The number of hydrogen-bond donors (Lipinski definition) is 0. The molecule has 0 bridgehead atoms. The van der Waals surface area contributed by atoms with Gasteiger partial charge >= 0.3 is 0 Å². The Bertz CT molecular complexity index is 485. The topological polar surface area (TPSA) is 0 Å². The predicted molar refractivity (Wildman–Crippen MR) is 103 cm³/mol. The minimum absolute atomic E-state index is 0.432. The van der Waals surface area contributed by atoms with Gasteiger partial charge in [0.25, 0.3) is 0 Å². The summed E-state index contributed by atoms with van der Waals surface area (Å²) in [5.41, 5.74) is 6.79. The van der Waals surface area contributed by atoms with Gasteiger partial charge < -0.3 is 0 Å². The van der Waals surface area contributed by atoms with E-state index in [9.17, 15) is 0 Å². The molecule has 1 atom stereocenters. The van der Waals surface area contributed by atoms with E-state index >= 15 is 0 Å². The van der Waals surface area contributed by atoms with Crippen LogP contribution in [-0.2, 0) is 11.8 Å². The van der Waals surface area contributed by atoms with Crippen molar-refractivity contribution < 1.29 is 0 Å². The fourth-order valence-electron chi connectivity index (χ4n) is 4.66. The Morgan fingerprint density at radius 2 is 1.43 bits per heavy atom. The summed E-state index contributed by atoms with van der Waals surface area (Å²) < 4.78 is 0. The maximum absolute atomic E-state index is 2.57. The van der Waals surface area contributed by atoms with E-state index in [2.05, 4.69) is 39.8 Å². The highest BCUT2D eigenvalue weighted by molar-refractivity contribution is 5.42. The Kier molecular flexibility index (Phi) is 7.18. The van der Waals surface area contributed by atoms with Crippen LogP contribution in [0.5, 0.6) is 0 Å². The maximum Gasteiger partial charge on any atom is -0.00469 e. The molecule has 1 aliphatic rings. The van der Waals surface area contributed by atoms with Gasteiger partial charge in [0.1, 0.15) is 0 Å². The van der Waals surface area contributed by atoms with Crippen LogP contribution >= 0.6 is 0 Å². The average Bonchev–Trinajstić information content (AvgIpc) is 2.54. The van der Waals surface area contributed by atoms with Crippen molar-refractivity contribution in [3.8, 4) is 0 Å². The lowest BCUT2D eigenvalue weighted by Gasteiger charge is -2.36. The van der Waals surface area contributed by atoms with Gasteiger partial charge in [0.2, 0.25) is 0 Å². The molecule has 0 nitrogen and oxygen atoms in total. The summed E-state index contributed by atoms with van der Waals surface area (Å²) in [5.74, 6) is 0. The second-order valence-corrected chi connectivity index (χ2v) is 7.95. The highest BCUT2D eigenvalue weighted by Crippen LogP contribution is 2.41. The molecule has 0 amide bonds. The van der Waals surface area contributed by atoms with Crippen LogP contribution in [-0.4, -0.2) is 0 Å². The SMILES string of the molecule is CCCC1(CC)CCCCCCCCCc2cc(C)c(C)cc21. The maximum atomic E-state index is 2.57. The first kappa shape index (κ1) is 18.6. The molecule has 2 rings (SSSR count). The molecule has 0 radical (unpaired) electrons. The van der Waals surface area contributed by atoms with E-state index in [1.54, 1.807) is 11.1 Å². The predicted octanol–water partition coefficient (Wildman–Crippen LogP) is 7.43. The van der Waals surface area contributed by atoms with Crippen LogP contribution < -0.4 is 0 Å². The lowest BCUT2D eigenvalue weighted by Crippen LogP contribution is -2.27. The minimum Gasteiger partial charge on any atom is -0.0654 e. The summed E-state index contributed by atoms with van der Waals surface area (Å²) in [5, 5.41) is 0. The molecule has 0 saturated heterocycles. The molecule has 0 saturated carbocycles. The Morgan fingerprint density at radius 1 is 0.826 bits per heavy atom. The molecule has 23 heavy (non-hydrogen) atoms. The highest BCUT2D eigenvalue weighted by atomic mass is 14.4. The standard InChI is InChI=1S/C23H38/c1-5-15-23(6-2)16-13-11-9-7-8-10-12-14-21-17-19(3)20(4)18-22(21)23/h17-18H,5-16H2,1-4H3. The van der Waals surface area contributed by atoms with Crippen molar-refractivity contribution in [1.29, 1.82) is 0 Å².